The van der Waals surface area contributed by atoms with Crippen molar-refractivity contribution >= 4 is 5.84 Å². The van der Waals surface area contributed by atoms with E-state index in [9.17, 15) is 13.2 Å². The molecule has 0 spiro atoms. The minimum absolute atomic E-state index is 0.255. The molecule has 4 N–H and O–H groups in total. The summed E-state index contributed by atoms with van der Waals surface area (Å²) in [6.45, 7) is 5.02. The Morgan fingerprint density at radius 3 is 2.47 bits per heavy atom. The maximum absolute atomic E-state index is 12.3. The van der Waals surface area contributed by atoms with Crippen LogP contribution in [0.4, 0.5) is 13.2 Å². The largest absolute Gasteiger partial charge is 0.409 e. The molecule has 0 rings (SSSR count). The lowest BCUT2D eigenvalue weighted by molar-refractivity contribution is -0.154. The molecule has 4 nitrogen and oxygen atoms in total. The minimum atomic E-state index is -4.53. The second kappa shape index (κ2) is 5.59. The highest BCUT2D eigenvalue weighted by molar-refractivity contribution is 5.83. The van der Waals surface area contributed by atoms with E-state index in [-0.39, 0.29) is 6.54 Å². The van der Waals surface area contributed by atoms with Crippen molar-refractivity contribution in [3.63, 3.8) is 0 Å². The van der Waals surface area contributed by atoms with E-state index in [0.717, 1.165) is 0 Å². The Kier molecular flexibility index (Phi) is 5.13. The zero-order valence-corrected chi connectivity index (χ0v) is 8.30. The van der Waals surface area contributed by atoms with Crippen LogP contribution in [0.3, 0.4) is 0 Å². The Hall–Kier alpha value is -1.24. The molecule has 1 atom stereocenters. The monoisotopic (exact) mass is 225 g/mol. The first kappa shape index (κ1) is 13.8. The summed E-state index contributed by atoms with van der Waals surface area (Å²) < 4.78 is 37.0. The van der Waals surface area contributed by atoms with Crippen LogP contribution in [0.1, 0.15) is 6.92 Å². The highest BCUT2D eigenvalue weighted by atomic mass is 19.4. The lowest BCUT2D eigenvalue weighted by Crippen LogP contribution is -2.43. The minimum Gasteiger partial charge on any atom is -0.409 e. The number of halogens is 3. The van der Waals surface area contributed by atoms with E-state index in [1.165, 1.54) is 0 Å². The summed E-state index contributed by atoms with van der Waals surface area (Å²) in [5, 5.41) is 13.1. The van der Waals surface area contributed by atoms with E-state index in [4.69, 9.17) is 10.9 Å². The van der Waals surface area contributed by atoms with Gasteiger partial charge in [0.25, 0.3) is 0 Å². The molecule has 0 aromatic heterocycles. The van der Waals surface area contributed by atoms with Crippen LogP contribution >= 0.6 is 0 Å². The molecular weight excluding hydrogens is 211 g/mol. The van der Waals surface area contributed by atoms with Gasteiger partial charge in [-0.1, -0.05) is 17.3 Å². The van der Waals surface area contributed by atoms with E-state index in [1.54, 1.807) is 6.92 Å². The predicted molar refractivity (Wildman–Crippen MR) is 50.6 cm³/mol. The third-order valence-corrected chi connectivity index (χ3v) is 1.64. The number of oxime groups is 1. The zero-order valence-electron chi connectivity index (χ0n) is 8.30. The van der Waals surface area contributed by atoms with Crippen molar-refractivity contribution in [1.29, 1.82) is 0 Å². The number of nitrogens with two attached hydrogens (primary N) is 1. The van der Waals surface area contributed by atoms with Gasteiger partial charge in [-0.2, -0.15) is 13.2 Å². The van der Waals surface area contributed by atoms with Gasteiger partial charge < -0.3 is 16.3 Å². The summed E-state index contributed by atoms with van der Waals surface area (Å²) in [4.78, 5) is 0. The van der Waals surface area contributed by atoms with Crippen molar-refractivity contribution in [2.24, 2.45) is 16.8 Å². The average molecular weight is 225 g/mol. The molecule has 0 aromatic rings. The molecule has 0 aromatic carbocycles. The van der Waals surface area contributed by atoms with Crippen LogP contribution in [0.25, 0.3) is 0 Å². The topological polar surface area (TPSA) is 70.6 Å². The Bertz CT molecular complexity index is 250. The number of hydrogen-bond acceptors (Lipinski definition) is 3. The average Bonchev–Trinajstić information content (AvgIpc) is 2.09. The van der Waals surface area contributed by atoms with Gasteiger partial charge in [0.1, 0.15) is 5.92 Å². The lowest BCUT2D eigenvalue weighted by Gasteiger charge is -2.19. The van der Waals surface area contributed by atoms with Crippen LogP contribution in [0.2, 0.25) is 0 Å². The van der Waals surface area contributed by atoms with E-state index in [0.29, 0.717) is 5.57 Å². The van der Waals surface area contributed by atoms with Gasteiger partial charge in [0, 0.05) is 13.1 Å². The number of alkyl halides is 3. The van der Waals surface area contributed by atoms with Gasteiger partial charge in [-0.05, 0) is 6.92 Å². The van der Waals surface area contributed by atoms with E-state index in [1.807, 2.05) is 0 Å². The molecule has 0 heterocycles. The van der Waals surface area contributed by atoms with Crippen LogP contribution in [0.5, 0.6) is 0 Å². The van der Waals surface area contributed by atoms with Crippen molar-refractivity contribution in [1.82, 2.24) is 5.32 Å². The highest BCUT2D eigenvalue weighted by Crippen LogP contribution is 2.25. The summed E-state index contributed by atoms with van der Waals surface area (Å²) in [6, 6.07) is 0. The molecule has 0 fully saturated rings. The van der Waals surface area contributed by atoms with Crippen LogP contribution in [0, 0.1) is 5.92 Å². The van der Waals surface area contributed by atoms with Crippen molar-refractivity contribution in [3.05, 3.63) is 12.2 Å². The smallest absolute Gasteiger partial charge is 0.400 e. The number of hydrogen-bond donors (Lipinski definition) is 3. The van der Waals surface area contributed by atoms with Gasteiger partial charge in [-0.25, -0.2) is 0 Å². The summed E-state index contributed by atoms with van der Waals surface area (Å²) in [7, 11) is 0. The van der Waals surface area contributed by atoms with Gasteiger partial charge in [0.05, 0.1) is 0 Å². The van der Waals surface area contributed by atoms with Crippen molar-refractivity contribution in [2.45, 2.75) is 13.1 Å². The Labute approximate surface area is 85.6 Å². The van der Waals surface area contributed by atoms with E-state index in [2.05, 4.69) is 17.1 Å². The second-order valence-corrected chi connectivity index (χ2v) is 3.21. The molecule has 7 heteroatoms. The molecule has 1 unspecified atom stereocenters. The van der Waals surface area contributed by atoms with Crippen LogP contribution in [0.15, 0.2) is 17.3 Å². The van der Waals surface area contributed by atoms with E-state index < -0.39 is 24.5 Å². The Morgan fingerprint density at radius 2 is 2.13 bits per heavy atom. The van der Waals surface area contributed by atoms with Gasteiger partial charge in [0.15, 0.2) is 5.84 Å². The molecule has 0 saturated heterocycles. The second-order valence-electron chi connectivity index (χ2n) is 3.21. The third-order valence-electron chi connectivity index (χ3n) is 1.64. The SMILES string of the molecule is C=C(C)CNCC(C(N)=NO)C(F)(F)F. The zero-order chi connectivity index (χ0) is 12.1. The third kappa shape index (κ3) is 5.26. The molecule has 0 aliphatic heterocycles. The quantitative estimate of drug-likeness (QED) is 0.215. The molecule has 0 aliphatic carbocycles. The fraction of sp³-hybridized carbons (Fsp3) is 0.625. The van der Waals surface area contributed by atoms with E-state index >= 15 is 0 Å². The molecule has 88 valence electrons. The molecule has 15 heavy (non-hydrogen) atoms. The summed E-state index contributed by atoms with van der Waals surface area (Å²) >= 11 is 0. The fourth-order valence-corrected chi connectivity index (χ4v) is 0.888. The van der Waals surface area contributed by atoms with Crippen molar-refractivity contribution in [2.75, 3.05) is 13.1 Å². The Balaban J connectivity index is 4.34. The lowest BCUT2D eigenvalue weighted by atomic mass is 10.1. The number of rotatable bonds is 5. The number of amidine groups is 1. The van der Waals surface area contributed by atoms with Gasteiger partial charge in [0.2, 0.25) is 0 Å². The normalized spacial score (nSPS) is 15.1. The Morgan fingerprint density at radius 1 is 1.60 bits per heavy atom. The maximum atomic E-state index is 12.3. The summed E-state index contributed by atoms with van der Waals surface area (Å²) in [6.07, 6.45) is -4.53. The van der Waals surface area contributed by atoms with Crippen LogP contribution in [-0.4, -0.2) is 30.3 Å². The van der Waals surface area contributed by atoms with Gasteiger partial charge in [-0.3, -0.25) is 0 Å². The molecule has 0 saturated carbocycles. The molecule has 0 amide bonds. The summed E-state index contributed by atoms with van der Waals surface area (Å²) in [5.74, 6) is -2.83. The number of nitrogens with one attached hydrogen (secondary N) is 1. The summed E-state index contributed by atoms with van der Waals surface area (Å²) in [5.41, 5.74) is 5.64. The van der Waals surface area contributed by atoms with Crippen molar-refractivity contribution in [3.8, 4) is 0 Å². The van der Waals surface area contributed by atoms with Crippen molar-refractivity contribution < 1.29 is 18.4 Å². The van der Waals surface area contributed by atoms with Crippen LogP contribution in [-0.2, 0) is 0 Å². The first-order valence-electron chi connectivity index (χ1n) is 4.18. The van der Waals surface area contributed by atoms with Crippen LogP contribution < -0.4 is 11.1 Å². The maximum Gasteiger partial charge on any atom is 0.400 e. The molecule has 0 radical (unpaired) electrons. The van der Waals surface area contributed by atoms with Gasteiger partial charge >= 0.3 is 6.18 Å². The standard InChI is InChI=1S/C8H14F3N3O/c1-5(2)3-13-4-6(7(12)14-15)8(9,10)11/h6,13,15H,1,3-4H2,2H3,(H2,12,14). The first-order valence-corrected chi connectivity index (χ1v) is 4.18. The number of nitrogens with zero attached hydrogens (tertiary/aromatic N) is 1. The highest BCUT2D eigenvalue weighted by Gasteiger charge is 2.42. The molecule has 0 bridgehead atoms. The molecular formula is C8H14F3N3O. The first-order chi connectivity index (χ1) is 6.79. The fourth-order valence-electron chi connectivity index (χ4n) is 0.888. The molecule has 0 aliphatic rings. The van der Waals surface area contributed by atoms with Gasteiger partial charge in [-0.15, -0.1) is 0 Å². The predicted octanol–water partition coefficient (Wildman–Crippen LogP) is 1.08.